The first kappa shape index (κ1) is 21.0. The van der Waals surface area contributed by atoms with Gasteiger partial charge in [-0.15, -0.1) is 0 Å². The highest BCUT2D eigenvalue weighted by atomic mass is 15.2. The van der Waals surface area contributed by atoms with Gasteiger partial charge < -0.3 is 10.2 Å². The van der Waals surface area contributed by atoms with E-state index in [0.29, 0.717) is 10.8 Å². The summed E-state index contributed by atoms with van der Waals surface area (Å²) in [6, 6.07) is 0. The predicted octanol–water partition coefficient (Wildman–Crippen LogP) is 5.33. The fraction of sp³-hybridized carbons (Fsp3) is 1.00. The number of likely N-dealkylation sites (tertiary alicyclic amines) is 1. The Hall–Kier alpha value is -0.0800. The SMILES string of the molecule is CC1CCCN(CC(C)(C)NC(C)(C)CC(C)(C)C(C)(C)C)C1. The minimum absolute atomic E-state index is 0.141. The summed E-state index contributed by atoms with van der Waals surface area (Å²) in [7, 11) is 0. The number of nitrogens with zero attached hydrogens (tertiary/aromatic N) is 1. The van der Waals surface area contributed by atoms with E-state index in [1.54, 1.807) is 0 Å². The van der Waals surface area contributed by atoms with Gasteiger partial charge in [0.25, 0.3) is 0 Å². The second-order valence-electron chi connectivity index (χ2n) is 11.2. The van der Waals surface area contributed by atoms with E-state index in [1.807, 2.05) is 0 Å². The largest absolute Gasteiger partial charge is 0.306 e. The molecular formula is C21H44N2. The van der Waals surface area contributed by atoms with Crippen molar-refractivity contribution < 1.29 is 0 Å². The Labute approximate surface area is 146 Å². The van der Waals surface area contributed by atoms with Gasteiger partial charge in [-0.05, 0) is 70.3 Å². The summed E-state index contributed by atoms with van der Waals surface area (Å²) in [6.07, 6.45) is 3.94. The maximum Gasteiger partial charge on any atom is 0.0257 e. The summed E-state index contributed by atoms with van der Waals surface area (Å²) in [4.78, 5) is 2.66. The van der Waals surface area contributed by atoms with Crippen LogP contribution in [-0.2, 0) is 0 Å². The van der Waals surface area contributed by atoms with Crippen molar-refractivity contribution in [3.05, 3.63) is 0 Å². The second kappa shape index (κ2) is 7.04. The molecule has 0 bridgehead atoms. The summed E-state index contributed by atoms with van der Waals surface area (Å²) in [5.74, 6) is 0.854. The molecule has 1 aliphatic heterocycles. The van der Waals surface area contributed by atoms with Crippen molar-refractivity contribution in [2.45, 2.75) is 99.6 Å². The van der Waals surface area contributed by atoms with E-state index >= 15 is 0 Å². The molecule has 1 fully saturated rings. The summed E-state index contributed by atoms with van der Waals surface area (Å²) in [6.45, 7) is 27.5. The van der Waals surface area contributed by atoms with E-state index in [-0.39, 0.29) is 11.1 Å². The van der Waals surface area contributed by atoms with Gasteiger partial charge in [0.15, 0.2) is 0 Å². The first-order valence-electron chi connectivity index (χ1n) is 9.65. The van der Waals surface area contributed by atoms with Crippen molar-refractivity contribution in [3.63, 3.8) is 0 Å². The third-order valence-electron chi connectivity index (χ3n) is 5.95. The Morgan fingerprint density at radius 2 is 1.48 bits per heavy atom. The number of piperidine rings is 1. The molecule has 2 heteroatoms. The smallest absolute Gasteiger partial charge is 0.0257 e. The minimum Gasteiger partial charge on any atom is -0.306 e. The van der Waals surface area contributed by atoms with Crippen LogP contribution in [0.5, 0.6) is 0 Å². The number of hydrogen-bond acceptors (Lipinski definition) is 2. The zero-order chi connectivity index (χ0) is 18.1. The zero-order valence-corrected chi connectivity index (χ0v) is 17.8. The average Bonchev–Trinajstić information content (AvgIpc) is 2.22. The van der Waals surface area contributed by atoms with E-state index in [0.717, 1.165) is 12.5 Å². The van der Waals surface area contributed by atoms with Crippen LogP contribution in [0.2, 0.25) is 0 Å². The van der Waals surface area contributed by atoms with E-state index in [9.17, 15) is 0 Å². The third kappa shape index (κ3) is 6.74. The fourth-order valence-corrected chi connectivity index (χ4v) is 4.36. The molecule has 0 radical (unpaired) electrons. The summed E-state index contributed by atoms with van der Waals surface area (Å²) < 4.78 is 0. The van der Waals surface area contributed by atoms with Crippen LogP contribution in [0.4, 0.5) is 0 Å². The van der Waals surface area contributed by atoms with Crippen LogP contribution >= 0.6 is 0 Å². The van der Waals surface area contributed by atoms with Crippen LogP contribution in [0, 0.1) is 16.7 Å². The Morgan fingerprint density at radius 1 is 0.913 bits per heavy atom. The molecule has 1 rings (SSSR count). The molecular weight excluding hydrogens is 280 g/mol. The third-order valence-corrected chi connectivity index (χ3v) is 5.95. The fourth-order valence-electron chi connectivity index (χ4n) is 4.36. The quantitative estimate of drug-likeness (QED) is 0.710. The topological polar surface area (TPSA) is 15.3 Å². The Bertz CT molecular complexity index is 374. The second-order valence-corrected chi connectivity index (χ2v) is 11.2. The molecule has 0 aliphatic carbocycles. The summed E-state index contributed by atoms with van der Waals surface area (Å²) in [5, 5.41) is 3.98. The molecule has 1 saturated heterocycles. The summed E-state index contributed by atoms with van der Waals surface area (Å²) in [5.41, 5.74) is 0.911. The van der Waals surface area contributed by atoms with Crippen molar-refractivity contribution >= 4 is 0 Å². The molecule has 1 atom stereocenters. The number of hydrogen-bond donors (Lipinski definition) is 1. The molecule has 23 heavy (non-hydrogen) atoms. The molecule has 1 aliphatic rings. The lowest BCUT2D eigenvalue weighted by Gasteiger charge is -2.48. The molecule has 0 aromatic rings. The highest BCUT2D eigenvalue weighted by Crippen LogP contribution is 2.44. The van der Waals surface area contributed by atoms with Crippen molar-refractivity contribution in [2.75, 3.05) is 19.6 Å². The molecule has 0 amide bonds. The predicted molar refractivity (Wildman–Crippen MR) is 104 cm³/mol. The molecule has 0 saturated carbocycles. The van der Waals surface area contributed by atoms with E-state index in [4.69, 9.17) is 0 Å². The molecule has 0 spiro atoms. The highest BCUT2D eigenvalue weighted by molar-refractivity contribution is 4.96. The summed E-state index contributed by atoms with van der Waals surface area (Å²) >= 11 is 0. The Balaban J connectivity index is 2.67. The lowest BCUT2D eigenvalue weighted by Crippen LogP contribution is -2.59. The maximum absolute atomic E-state index is 3.98. The van der Waals surface area contributed by atoms with E-state index in [1.165, 1.54) is 32.4 Å². The molecule has 138 valence electrons. The minimum atomic E-state index is 0.141. The van der Waals surface area contributed by atoms with Gasteiger partial charge in [-0.3, -0.25) is 0 Å². The standard InChI is InChI=1S/C21H44N2/c1-17-12-11-13-23(14-17)16-21(9,10)22-20(7,8)15-19(5,6)18(2,3)4/h17,22H,11-16H2,1-10H3. The highest BCUT2D eigenvalue weighted by Gasteiger charge is 2.39. The van der Waals surface area contributed by atoms with Crippen molar-refractivity contribution in [3.8, 4) is 0 Å². The molecule has 2 nitrogen and oxygen atoms in total. The van der Waals surface area contributed by atoms with Crippen LogP contribution < -0.4 is 5.32 Å². The molecule has 0 aromatic carbocycles. The van der Waals surface area contributed by atoms with Crippen LogP contribution in [0.1, 0.15) is 88.5 Å². The molecule has 1 heterocycles. The van der Waals surface area contributed by atoms with Gasteiger partial charge in [-0.1, -0.05) is 41.5 Å². The first-order chi connectivity index (χ1) is 10.1. The van der Waals surface area contributed by atoms with Gasteiger partial charge in [0, 0.05) is 24.2 Å². The van der Waals surface area contributed by atoms with Crippen LogP contribution in [0.15, 0.2) is 0 Å². The molecule has 0 aromatic heterocycles. The lowest BCUT2D eigenvalue weighted by atomic mass is 9.64. The maximum atomic E-state index is 3.98. The number of rotatable bonds is 6. The van der Waals surface area contributed by atoms with Gasteiger partial charge in [-0.2, -0.15) is 0 Å². The lowest BCUT2D eigenvalue weighted by molar-refractivity contribution is 0.0623. The zero-order valence-electron chi connectivity index (χ0n) is 17.8. The monoisotopic (exact) mass is 324 g/mol. The molecule has 1 N–H and O–H groups in total. The molecule has 1 unspecified atom stereocenters. The Kier molecular flexibility index (Phi) is 6.41. The van der Waals surface area contributed by atoms with Gasteiger partial charge >= 0.3 is 0 Å². The van der Waals surface area contributed by atoms with Crippen LogP contribution in [0.25, 0.3) is 0 Å². The Morgan fingerprint density at radius 3 is 1.96 bits per heavy atom. The van der Waals surface area contributed by atoms with Crippen LogP contribution in [-0.4, -0.2) is 35.6 Å². The van der Waals surface area contributed by atoms with Gasteiger partial charge in [0.05, 0.1) is 0 Å². The van der Waals surface area contributed by atoms with Crippen molar-refractivity contribution in [1.29, 1.82) is 0 Å². The van der Waals surface area contributed by atoms with Gasteiger partial charge in [0.1, 0.15) is 0 Å². The van der Waals surface area contributed by atoms with Crippen molar-refractivity contribution in [2.24, 2.45) is 16.7 Å². The van der Waals surface area contributed by atoms with Crippen molar-refractivity contribution in [1.82, 2.24) is 10.2 Å². The van der Waals surface area contributed by atoms with E-state index in [2.05, 4.69) is 79.5 Å². The van der Waals surface area contributed by atoms with Gasteiger partial charge in [0.2, 0.25) is 0 Å². The average molecular weight is 325 g/mol. The first-order valence-corrected chi connectivity index (χ1v) is 9.65. The van der Waals surface area contributed by atoms with Gasteiger partial charge in [-0.25, -0.2) is 0 Å². The normalized spacial score (nSPS) is 22.4. The van der Waals surface area contributed by atoms with E-state index < -0.39 is 0 Å². The van der Waals surface area contributed by atoms with Crippen LogP contribution in [0.3, 0.4) is 0 Å². The number of nitrogens with one attached hydrogen (secondary N) is 1.